The number of benzene rings is 1. The molecule has 1 atom stereocenters. The van der Waals surface area contributed by atoms with E-state index in [9.17, 15) is 14.8 Å². The van der Waals surface area contributed by atoms with Gasteiger partial charge in [-0.05, 0) is 114 Å². The first kappa shape index (κ1) is 31.9. The molecule has 1 unspecified atom stereocenters. The molecule has 2 saturated carbocycles. The minimum atomic E-state index is -0.336. The van der Waals surface area contributed by atoms with Gasteiger partial charge in [-0.15, -0.1) is 0 Å². The van der Waals surface area contributed by atoms with Crippen LogP contribution in [0.1, 0.15) is 103 Å². The summed E-state index contributed by atoms with van der Waals surface area (Å²) in [4.78, 5) is 28.0. The molecular formula is C33H48O7. The lowest BCUT2D eigenvalue weighted by Gasteiger charge is -2.32. The largest absolute Gasteiger partial charge is 0.490 e. The molecule has 0 bridgehead atoms. The Kier molecular flexibility index (Phi) is 13.2. The van der Waals surface area contributed by atoms with Crippen LogP contribution < -0.4 is 4.74 Å². The molecule has 222 valence electrons. The van der Waals surface area contributed by atoms with Crippen molar-refractivity contribution in [2.45, 2.75) is 103 Å². The van der Waals surface area contributed by atoms with Crippen molar-refractivity contribution in [3.05, 3.63) is 54.1 Å². The second kappa shape index (κ2) is 16.6. The molecule has 2 aliphatic carbocycles. The van der Waals surface area contributed by atoms with Gasteiger partial charge in [-0.2, -0.15) is 0 Å². The van der Waals surface area contributed by atoms with Gasteiger partial charge in [0.1, 0.15) is 11.9 Å². The molecule has 40 heavy (non-hydrogen) atoms. The highest BCUT2D eigenvalue weighted by Gasteiger charge is 2.30. The van der Waals surface area contributed by atoms with Crippen molar-refractivity contribution in [3.8, 4) is 5.75 Å². The summed E-state index contributed by atoms with van der Waals surface area (Å²) in [6.45, 7) is 11.4. The third kappa shape index (κ3) is 10.4. The van der Waals surface area contributed by atoms with E-state index in [4.69, 9.17) is 19.1 Å². The van der Waals surface area contributed by atoms with Crippen molar-refractivity contribution in [2.24, 2.45) is 17.8 Å². The third-order valence-electron chi connectivity index (χ3n) is 8.41. The van der Waals surface area contributed by atoms with Crippen molar-refractivity contribution in [1.82, 2.24) is 0 Å². The van der Waals surface area contributed by atoms with Gasteiger partial charge in [-0.25, -0.2) is 14.5 Å². The highest BCUT2D eigenvalue weighted by molar-refractivity contribution is 5.87. The Labute approximate surface area is 239 Å². The molecule has 1 N–H and O–H groups in total. The van der Waals surface area contributed by atoms with Crippen LogP contribution in [-0.4, -0.2) is 36.5 Å². The molecule has 2 aliphatic rings. The summed E-state index contributed by atoms with van der Waals surface area (Å²) >= 11 is 0. The molecule has 1 aromatic rings. The first-order valence-electron chi connectivity index (χ1n) is 15.0. The predicted molar refractivity (Wildman–Crippen MR) is 155 cm³/mol. The van der Waals surface area contributed by atoms with E-state index in [1.807, 2.05) is 24.3 Å². The van der Waals surface area contributed by atoms with Gasteiger partial charge in [0.15, 0.2) is 0 Å². The van der Waals surface area contributed by atoms with Crippen LogP contribution in [0.2, 0.25) is 0 Å². The molecule has 3 rings (SSSR count). The first-order valence-corrected chi connectivity index (χ1v) is 15.0. The lowest BCUT2D eigenvalue weighted by atomic mass is 9.76. The number of carbonyl (C=O) groups excluding carboxylic acids is 2. The van der Waals surface area contributed by atoms with Crippen LogP contribution in [0.3, 0.4) is 0 Å². The highest BCUT2D eigenvalue weighted by atomic mass is 17.1. The summed E-state index contributed by atoms with van der Waals surface area (Å²) in [5.41, 5.74) is 1.86. The normalized spacial score (nSPS) is 23.6. The summed E-state index contributed by atoms with van der Waals surface area (Å²) in [5.74, 6) is 1.77. The summed E-state index contributed by atoms with van der Waals surface area (Å²) in [6.07, 6.45) is 12.2. The van der Waals surface area contributed by atoms with E-state index in [1.165, 1.54) is 0 Å². The van der Waals surface area contributed by atoms with Crippen molar-refractivity contribution in [2.75, 3.05) is 13.2 Å². The first-order chi connectivity index (χ1) is 19.3. The van der Waals surface area contributed by atoms with E-state index < -0.39 is 0 Å². The van der Waals surface area contributed by atoms with Crippen molar-refractivity contribution < 1.29 is 33.9 Å². The van der Waals surface area contributed by atoms with Gasteiger partial charge in [0.05, 0.1) is 19.3 Å². The van der Waals surface area contributed by atoms with Gasteiger partial charge in [-0.1, -0.05) is 38.1 Å². The average molecular weight is 557 g/mol. The Morgan fingerprint density at radius 2 is 1.27 bits per heavy atom. The van der Waals surface area contributed by atoms with Gasteiger partial charge in [-0.3, -0.25) is 5.26 Å². The standard InChI is InChI=1S/C33H48O7/c1-23(2)32(34)37-21-5-7-25-9-13-27(14-10-25)31(40-36)28-15-19-30(20-16-28)39-29-17-11-26(12-18-29)8-6-22-38-33(35)24(3)4/h15-16,19-20,25-27,29,31,36H,1,3,5-14,17-18,21-22H2,2,4H3. The van der Waals surface area contributed by atoms with Crippen LogP contribution in [-0.2, 0) is 24.0 Å². The molecule has 0 spiro atoms. The van der Waals surface area contributed by atoms with E-state index in [0.29, 0.717) is 36.2 Å². The van der Waals surface area contributed by atoms with E-state index in [1.54, 1.807) is 13.8 Å². The van der Waals surface area contributed by atoms with Gasteiger partial charge >= 0.3 is 11.9 Å². The Hall–Kier alpha value is -2.64. The van der Waals surface area contributed by atoms with E-state index >= 15 is 0 Å². The molecular weight excluding hydrogens is 508 g/mol. The molecule has 0 heterocycles. The molecule has 2 fully saturated rings. The van der Waals surface area contributed by atoms with Crippen LogP contribution in [0, 0.1) is 17.8 Å². The van der Waals surface area contributed by atoms with Gasteiger partial charge in [0.25, 0.3) is 0 Å². The van der Waals surface area contributed by atoms with E-state index in [-0.39, 0.29) is 30.1 Å². The number of esters is 2. The monoisotopic (exact) mass is 556 g/mol. The van der Waals surface area contributed by atoms with Crippen molar-refractivity contribution in [3.63, 3.8) is 0 Å². The minimum absolute atomic E-state index is 0.216. The SMILES string of the molecule is C=C(C)C(=O)OCCCC1CCC(Oc2ccc(C(OO)C3CCC(CCCOC(=O)C(=C)C)CC3)cc2)CC1. The smallest absolute Gasteiger partial charge is 0.333 e. The number of hydrogen-bond acceptors (Lipinski definition) is 7. The minimum Gasteiger partial charge on any atom is -0.490 e. The Morgan fingerprint density at radius 3 is 1.73 bits per heavy atom. The molecule has 0 aliphatic heterocycles. The summed E-state index contributed by atoms with van der Waals surface area (Å²) in [5, 5.41) is 9.74. The maximum atomic E-state index is 11.5. The zero-order valence-electron chi connectivity index (χ0n) is 24.4. The second-order valence-corrected chi connectivity index (χ2v) is 11.8. The maximum absolute atomic E-state index is 11.5. The molecule has 7 heteroatoms. The Balaban J connectivity index is 1.34. The predicted octanol–water partition coefficient (Wildman–Crippen LogP) is 7.76. The zero-order chi connectivity index (χ0) is 28.9. The summed E-state index contributed by atoms with van der Waals surface area (Å²) < 4.78 is 16.7. The average Bonchev–Trinajstić information content (AvgIpc) is 2.96. The van der Waals surface area contributed by atoms with Crippen LogP contribution in [0.25, 0.3) is 0 Å². The molecule has 1 aromatic carbocycles. The van der Waals surface area contributed by atoms with E-state index in [2.05, 4.69) is 13.2 Å². The fraction of sp³-hybridized carbons (Fsp3) is 0.636. The molecule has 0 radical (unpaired) electrons. The molecule has 7 nitrogen and oxygen atoms in total. The van der Waals surface area contributed by atoms with Gasteiger partial charge < -0.3 is 14.2 Å². The maximum Gasteiger partial charge on any atom is 0.333 e. The van der Waals surface area contributed by atoms with Gasteiger partial charge in [0.2, 0.25) is 0 Å². The quantitative estimate of drug-likeness (QED) is 0.0776. The third-order valence-corrected chi connectivity index (χ3v) is 8.41. The number of hydrogen-bond donors (Lipinski definition) is 1. The van der Waals surface area contributed by atoms with Gasteiger partial charge in [0, 0.05) is 11.1 Å². The fourth-order valence-corrected chi connectivity index (χ4v) is 5.99. The lowest BCUT2D eigenvalue weighted by molar-refractivity contribution is -0.296. The number of rotatable bonds is 15. The topological polar surface area (TPSA) is 91.3 Å². The Bertz CT molecular complexity index is 954. The molecule has 0 aromatic heterocycles. The van der Waals surface area contributed by atoms with Crippen molar-refractivity contribution in [1.29, 1.82) is 0 Å². The van der Waals surface area contributed by atoms with Crippen LogP contribution >= 0.6 is 0 Å². The molecule has 0 saturated heterocycles. The van der Waals surface area contributed by atoms with Crippen molar-refractivity contribution >= 4 is 11.9 Å². The van der Waals surface area contributed by atoms with Crippen LogP contribution in [0.15, 0.2) is 48.6 Å². The Morgan fingerprint density at radius 1 is 0.800 bits per heavy atom. The zero-order valence-corrected chi connectivity index (χ0v) is 24.4. The molecule has 0 amide bonds. The number of ether oxygens (including phenoxy) is 3. The lowest BCUT2D eigenvalue weighted by Crippen LogP contribution is -2.24. The fourth-order valence-electron chi connectivity index (χ4n) is 5.99. The van der Waals surface area contributed by atoms with Crippen LogP contribution in [0.4, 0.5) is 0 Å². The number of carbonyl (C=O) groups is 2. The summed E-state index contributed by atoms with van der Waals surface area (Å²) in [7, 11) is 0. The van der Waals surface area contributed by atoms with E-state index in [0.717, 1.165) is 88.4 Å². The highest BCUT2D eigenvalue weighted by Crippen LogP contribution is 2.40. The second-order valence-electron chi connectivity index (χ2n) is 11.8. The van der Waals surface area contributed by atoms with Crippen LogP contribution in [0.5, 0.6) is 5.75 Å². The summed E-state index contributed by atoms with van der Waals surface area (Å²) in [6, 6.07) is 7.99.